The van der Waals surface area contributed by atoms with Gasteiger partial charge >= 0.3 is 0 Å². The molecule has 11 nitrogen and oxygen atoms in total. The van der Waals surface area contributed by atoms with Crippen LogP contribution in [-0.4, -0.2) is 60.0 Å². The Labute approximate surface area is 199 Å². The molecule has 11 heteroatoms. The van der Waals surface area contributed by atoms with E-state index in [4.69, 9.17) is 9.47 Å². The molecule has 5 rings (SSSR count). The summed E-state index contributed by atoms with van der Waals surface area (Å²) in [5.41, 5.74) is 0.114. The normalized spacial score (nSPS) is 24.4. The first-order valence-electron chi connectivity index (χ1n) is 10.7. The van der Waals surface area contributed by atoms with E-state index in [1.807, 2.05) is 0 Å². The van der Waals surface area contributed by atoms with Crippen molar-refractivity contribution in [3.8, 4) is 11.5 Å². The summed E-state index contributed by atoms with van der Waals surface area (Å²) in [7, 11) is 2.93. The number of carbonyl (C=O) groups excluding carboxylic acids is 3. The first kappa shape index (κ1) is 22.3. The highest BCUT2D eigenvalue weighted by Crippen LogP contribution is 2.46. The third-order valence-corrected chi connectivity index (χ3v) is 6.53. The minimum absolute atomic E-state index is 0.0933. The van der Waals surface area contributed by atoms with Crippen molar-refractivity contribution in [3.05, 3.63) is 70.3 Å². The van der Waals surface area contributed by atoms with E-state index < -0.39 is 46.4 Å². The number of rotatable bonds is 6. The molecule has 35 heavy (non-hydrogen) atoms. The summed E-state index contributed by atoms with van der Waals surface area (Å²) in [4.78, 5) is 52.4. The van der Waals surface area contributed by atoms with Gasteiger partial charge in [0, 0.05) is 23.9 Å². The van der Waals surface area contributed by atoms with E-state index in [-0.39, 0.29) is 16.9 Å². The molecule has 0 N–H and O–H groups in total. The van der Waals surface area contributed by atoms with E-state index in [0.717, 1.165) is 4.90 Å². The number of anilines is 1. The van der Waals surface area contributed by atoms with Gasteiger partial charge in [0.2, 0.25) is 11.8 Å². The lowest BCUT2D eigenvalue weighted by molar-refractivity contribution is -0.384. The minimum Gasteiger partial charge on any atom is -0.493 e. The highest BCUT2D eigenvalue weighted by Gasteiger charge is 2.64. The van der Waals surface area contributed by atoms with Crippen LogP contribution in [0.1, 0.15) is 10.4 Å². The van der Waals surface area contributed by atoms with Crippen molar-refractivity contribution in [3.63, 3.8) is 0 Å². The van der Waals surface area contributed by atoms with Crippen LogP contribution < -0.4 is 14.4 Å². The molecule has 2 aromatic carbocycles. The lowest BCUT2D eigenvalue weighted by atomic mass is 9.86. The predicted octanol–water partition coefficient (Wildman–Crippen LogP) is 2.21. The topological polar surface area (TPSA) is 132 Å². The van der Waals surface area contributed by atoms with Crippen LogP contribution in [-0.2, 0) is 9.59 Å². The quantitative estimate of drug-likeness (QED) is 0.268. The van der Waals surface area contributed by atoms with Gasteiger partial charge in [-0.2, -0.15) is 5.10 Å². The number of hydrazone groups is 1. The molecule has 4 atom stereocenters. The van der Waals surface area contributed by atoms with Crippen LogP contribution in [0.5, 0.6) is 11.5 Å². The highest BCUT2D eigenvalue weighted by molar-refractivity contribution is 6.24. The summed E-state index contributed by atoms with van der Waals surface area (Å²) in [5.74, 6) is -2.64. The largest absolute Gasteiger partial charge is 0.493 e. The zero-order valence-corrected chi connectivity index (χ0v) is 18.7. The number of imide groups is 1. The molecule has 2 amide bonds. The first-order valence-corrected chi connectivity index (χ1v) is 10.7. The lowest BCUT2D eigenvalue weighted by Gasteiger charge is -2.30. The lowest BCUT2D eigenvalue weighted by Crippen LogP contribution is -2.46. The van der Waals surface area contributed by atoms with E-state index in [1.165, 1.54) is 55.8 Å². The number of methoxy groups -OCH3 is 2. The van der Waals surface area contributed by atoms with Crippen LogP contribution in [0.2, 0.25) is 0 Å². The van der Waals surface area contributed by atoms with Crippen LogP contribution in [0.4, 0.5) is 11.4 Å². The van der Waals surface area contributed by atoms with Crippen LogP contribution in [0.15, 0.2) is 59.7 Å². The molecule has 0 aliphatic carbocycles. The van der Waals surface area contributed by atoms with Crippen molar-refractivity contribution in [2.75, 3.05) is 19.1 Å². The van der Waals surface area contributed by atoms with Crippen molar-refractivity contribution in [2.24, 2.45) is 16.9 Å². The van der Waals surface area contributed by atoms with Crippen LogP contribution in [0, 0.1) is 22.0 Å². The second-order valence-electron chi connectivity index (χ2n) is 8.24. The van der Waals surface area contributed by atoms with Crippen LogP contribution >= 0.6 is 0 Å². The number of allylic oxidation sites excluding steroid dienone is 1. The molecule has 2 aromatic rings. The van der Waals surface area contributed by atoms with Gasteiger partial charge in [-0.3, -0.25) is 29.5 Å². The van der Waals surface area contributed by atoms with Gasteiger partial charge < -0.3 is 9.47 Å². The number of non-ortho nitro benzene ring substituents is 1. The Kier molecular flexibility index (Phi) is 5.31. The molecule has 178 valence electrons. The second kappa shape index (κ2) is 8.35. The summed E-state index contributed by atoms with van der Waals surface area (Å²) in [6.45, 7) is 0. The third kappa shape index (κ3) is 3.35. The Balaban J connectivity index is 1.57. The molecule has 0 saturated carbocycles. The van der Waals surface area contributed by atoms with Crippen LogP contribution in [0.3, 0.4) is 0 Å². The molecule has 0 bridgehead atoms. The van der Waals surface area contributed by atoms with Crippen molar-refractivity contribution in [1.82, 2.24) is 5.01 Å². The highest BCUT2D eigenvalue weighted by atomic mass is 16.6. The van der Waals surface area contributed by atoms with Crippen molar-refractivity contribution < 1.29 is 28.8 Å². The maximum absolute atomic E-state index is 13.7. The Bertz CT molecular complexity index is 1320. The van der Waals surface area contributed by atoms with Crippen molar-refractivity contribution >= 4 is 35.2 Å². The summed E-state index contributed by atoms with van der Waals surface area (Å²) < 4.78 is 10.6. The van der Waals surface area contributed by atoms with Crippen molar-refractivity contribution in [2.45, 2.75) is 12.1 Å². The number of ketones is 1. The Morgan fingerprint density at radius 2 is 1.77 bits per heavy atom. The zero-order chi connectivity index (χ0) is 24.9. The molecular weight excluding hydrogens is 456 g/mol. The minimum atomic E-state index is -1.05. The van der Waals surface area contributed by atoms with E-state index in [1.54, 1.807) is 24.3 Å². The van der Waals surface area contributed by atoms with Gasteiger partial charge in [-0.05, 0) is 30.3 Å². The fraction of sp³-hybridized carbons (Fsp3) is 0.250. The maximum atomic E-state index is 13.7. The fourth-order valence-electron chi connectivity index (χ4n) is 5.00. The van der Waals surface area contributed by atoms with Gasteiger partial charge in [0.15, 0.2) is 17.3 Å². The standard InChI is InChI=1S/C24H20N4O7/c1-34-17-9-8-13(11-18(17)35-2)22(29)21-20-19(16-7-4-10-25-27(16)21)23(30)26(24(20)31)14-5-3-6-15(12-14)28(32)33/h3-12,16,19-21H,1-2H3/t16-,19+,20-,21+/m1/s1. The number of ether oxygens (including phenoxy) is 2. The molecule has 3 heterocycles. The first-order chi connectivity index (χ1) is 16.9. The third-order valence-electron chi connectivity index (χ3n) is 6.53. The average Bonchev–Trinajstić information content (AvgIpc) is 3.35. The molecule has 0 radical (unpaired) electrons. The molecular formula is C24H20N4O7. The number of benzene rings is 2. The van der Waals surface area contributed by atoms with Gasteiger partial charge in [0.25, 0.3) is 5.69 Å². The summed E-state index contributed by atoms with van der Waals surface area (Å²) in [5, 5.41) is 17.0. The van der Waals surface area contributed by atoms with Gasteiger partial charge in [0.1, 0.15) is 6.04 Å². The Morgan fingerprint density at radius 1 is 1.03 bits per heavy atom. The number of hydrogen-bond acceptors (Lipinski definition) is 9. The van der Waals surface area contributed by atoms with Crippen molar-refractivity contribution in [1.29, 1.82) is 0 Å². The molecule has 0 aromatic heterocycles. The summed E-state index contributed by atoms with van der Waals surface area (Å²) >= 11 is 0. The fourth-order valence-corrected chi connectivity index (χ4v) is 5.00. The average molecular weight is 476 g/mol. The van der Waals surface area contributed by atoms with E-state index in [2.05, 4.69) is 5.10 Å². The van der Waals surface area contributed by atoms with E-state index in [0.29, 0.717) is 11.5 Å². The molecule has 2 saturated heterocycles. The number of fused-ring (bicyclic) bond motifs is 3. The number of nitro groups is 1. The molecule has 3 aliphatic rings. The smallest absolute Gasteiger partial charge is 0.271 e. The molecule has 3 aliphatic heterocycles. The maximum Gasteiger partial charge on any atom is 0.271 e. The monoisotopic (exact) mass is 476 g/mol. The van der Waals surface area contributed by atoms with E-state index in [9.17, 15) is 24.5 Å². The second-order valence-corrected chi connectivity index (χ2v) is 8.24. The van der Waals surface area contributed by atoms with E-state index >= 15 is 0 Å². The van der Waals surface area contributed by atoms with Gasteiger partial charge in [-0.1, -0.05) is 12.1 Å². The number of Topliss-reactive ketones (excluding diaryl/α,β-unsaturated/α-hetero) is 1. The number of hydrogen-bond donors (Lipinski definition) is 0. The SMILES string of the molecule is COc1ccc(C(=O)[C@@H]2[C@@H]3C(=O)N(c4cccc([N+](=O)[O-])c4)C(=O)[C@H]3[C@H]3C=CC=NN32)cc1OC. The molecule has 2 fully saturated rings. The van der Waals surface area contributed by atoms with Gasteiger partial charge in [-0.25, -0.2) is 4.90 Å². The summed E-state index contributed by atoms with van der Waals surface area (Å²) in [6.07, 6.45) is 4.89. The number of amides is 2. The van der Waals surface area contributed by atoms with Gasteiger partial charge in [-0.15, -0.1) is 0 Å². The summed E-state index contributed by atoms with van der Waals surface area (Å²) in [6, 6.07) is 8.33. The molecule has 0 spiro atoms. The van der Waals surface area contributed by atoms with Gasteiger partial charge in [0.05, 0.1) is 42.7 Å². The van der Waals surface area contributed by atoms with Crippen LogP contribution in [0.25, 0.3) is 0 Å². The predicted molar refractivity (Wildman–Crippen MR) is 123 cm³/mol. The Hall–Kier alpha value is -4.54. The Morgan fingerprint density at radius 3 is 2.49 bits per heavy atom. The number of nitrogens with zero attached hydrogens (tertiary/aromatic N) is 4. The zero-order valence-electron chi connectivity index (χ0n) is 18.7. The number of carbonyl (C=O) groups is 3. The number of nitro benzene ring substituents is 1. The molecule has 0 unspecified atom stereocenters.